The second-order valence-electron chi connectivity index (χ2n) is 2.67. The van der Waals surface area contributed by atoms with E-state index in [1.807, 2.05) is 0 Å². The quantitative estimate of drug-likeness (QED) is 0.255. The normalized spacial score (nSPS) is 8.63. The minimum Gasteiger partial charge on any atom is -0.351 e. The van der Waals surface area contributed by atoms with E-state index in [2.05, 4.69) is 11.5 Å². The van der Waals surface area contributed by atoms with E-state index in [1.54, 1.807) is 0 Å². The van der Waals surface area contributed by atoms with Crippen molar-refractivity contribution in [1.82, 2.24) is 26.6 Å². The molecule has 0 aliphatic carbocycles. The minimum atomic E-state index is -1.36. The summed E-state index contributed by atoms with van der Waals surface area (Å²) in [6, 6.07) is -7.75. The van der Waals surface area contributed by atoms with E-state index in [-0.39, 0.29) is 0 Å². The third-order valence-corrected chi connectivity index (χ3v) is 1.15. The molecule has 104 valence electrons. The van der Waals surface area contributed by atoms with Crippen molar-refractivity contribution in [3.8, 4) is 0 Å². The SMILES string of the molecule is NC(=O)NC(=O)NC(=O)NC(=O)NC(=O)NC(N)=O. The predicted octanol–water partition coefficient (Wildman–Crippen LogP) is -2.43. The van der Waals surface area contributed by atoms with E-state index < -0.39 is 36.2 Å². The van der Waals surface area contributed by atoms with Gasteiger partial charge < -0.3 is 11.5 Å². The van der Waals surface area contributed by atoms with Crippen molar-refractivity contribution >= 4 is 36.2 Å². The molecule has 0 aromatic rings. The topological polar surface area (TPSA) is 215 Å². The van der Waals surface area contributed by atoms with Gasteiger partial charge in [0.2, 0.25) is 0 Å². The van der Waals surface area contributed by atoms with Gasteiger partial charge in [0, 0.05) is 0 Å². The summed E-state index contributed by atoms with van der Waals surface area (Å²) in [5.41, 5.74) is 9.13. The lowest BCUT2D eigenvalue weighted by molar-refractivity contribution is 0.218. The Morgan fingerprint density at radius 3 is 0.895 bits per heavy atom. The van der Waals surface area contributed by atoms with Crippen LogP contribution in [0.4, 0.5) is 28.8 Å². The van der Waals surface area contributed by atoms with Crippen LogP contribution >= 0.6 is 0 Å². The first-order chi connectivity index (χ1) is 8.70. The predicted molar refractivity (Wildman–Crippen MR) is 56.4 cm³/mol. The van der Waals surface area contributed by atoms with Crippen LogP contribution in [0.2, 0.25) is 0 Å². The highest BCUT2D eigenvalue weighted by Crippen LogP contribution is 1.72. The molecule has 13 heteroatoms. The second-order valence-corrected chi connectivity index (χ2v) is 2.67. The van der Waals surface area contributed by atoms with Crippen LogP contribution < -0.4 is 38.1 Å². The molecule has 9 N–H and O–H groups in total. The Morgan fingerprint density at radius 1 is 0.474 bits per heavy atom. The fraction of sp³-hybridized carbons (Fsp3) is 0. The first-order valence-corrected chi connectivity index (χ1v) is 4.30. The summed E-state index contributed by atoms with van der Waals surface area (Å²) >= 11 is 0. The Balaban J connectivity index is 4.09. The number of amides is 12. The molecular formula is C6H9N7O6. The molecule has 0 atom stereocenters. The number of nitrogens with two attached hydrogens (primary N) is 2. The van der Waals surface area contributed by atoms with Crippen molar-refractivity contribution in [3.05, 3.63) is 0 Å². The molecule has 0 heterocycles. The lowest BCUT2D eigenvalue weighted by atomic mass is 10.8. The zero-order valence-electron chi connectivity index (χ0n) is 9.10. The molecule has 0 bridgehead atoms. The lowest BCUT2D eigenvalue weighted by Gasteiger charge is -2.06. The molecular weight excluding hydrogens is 266 g/mol. The lowest BCUT2D eigenvalue weighted by Crippen LogP contribution is -2.54. The number of imide groups is 5. The molecule has 0 fully saturated rings. The van der Waals surface area contributed by atoms with Gasteiger partial charge in [-0.3, -0.25) is 26.6 Å². The zero-order chi connectivity index (χ0) is 15.0. The van der Waals surface area contributed by atoms with Gasteiger partial charge in [0.25, 0.3) is 0 Å². The molecule has 0 rings (SSSR count). The Hall–Kier alpha value is -3.38. The van der Waals surface area contributed by atoms with Crippen LogP contribution in [0.3, 0.4) is 0 Å². The zero-order valence-corrected chi connectivity index (χ0v) is 9.10. The number of nitrogens with one attached hydrogen (secondary N) is 5. The third-order valence-electron chi connectivity index (χ3n) is 1.15. The first-order valence-electron chi connectivity index (χ1n) is 4.30. The van der Waals surface area contributed by atoms with Crippen LogP contribution in [-0.2, 0) is 0 Å². The van der Waals surface area contributed by atoms with E-state index >= 15 is 0 Å². The van der Waals surface area contributed by atoms with Crippen molar-refractivity contribution in [2.75, 3.05) is 0 Å². The number of rotatable bonds is 0. The number of urea groups is 6. The summed E-state index contributed by atoms with van der Waals surface area (Å²) in [4.78, 5) is 63.8. The molecule has 13 nitrogen and oxygen atoms in total. The molecule has 0 aliphatic heterocycles. The summed E-state index contributed by atoms with van der Waals surface area (Å²) < 4.78 is 0. The number of hydrogen-bond acceptors (Lipinski definition) is 6. The van der Waals surface area contributed by atoms with Crippen LogP contribution in [0, 0.1) is 0 Å². The van der Waals surface area contributed by atoms with Crippen LogP contribution in [0.15, 0.2) is 0 Å². The molecule has 0 aromatic heterocycles. The Kier molecular flexibility index (Phi) is 5.79. The third kappa shape index (κ3) is 8.43. The molecule has 19 heavy (non-hydrogen) atoms. The molecule has 0 unspecified atom stereocenters. The van der Waals surface area contributed by atoms with Gasteiger partial charge in [0.1, 0.15) is 0 Å². The standard InChI is InChI=1S/C6H9N7O6/c7-1(14)9-3(16)11-5(18)13-6(19)12-4(17)10-2(8)15/h(H9,7,8,9,10,11,12,13,14,15,16,17,18,19). The van der Waals surface area contributed by atoms with E-state index in [0.717, 1.165) is 0 Å². The van der Waals surface area contributed by atoms with Crippen LogP contribution in [0.1, 0.15) is 0 Å². The minimum absolute atomic E-state index is 1.23. The van der Waals surface area contributed by atoms with Crippen molar-refractivity contribution in [2.45, 2.75) is 0 Å². The van der Waals surface area contributed by atoms with Crippen molar-refractivity contribution in [3.63, 3.8) is 0 Å². The molecule has 0 radical (unpaired) electrons. The summed E-state index contributed by atoms with van der Waals surface area (Å²) in [6.07, 6.45) is 0. The van der Waals surface area contributed by atoms with Gasteiger partial charge in [-0.05, 0) is 0 Å². The van der Waals surface area contributed by atoms with E-state index in [1.165, 1.54) is 26.6 Å². The van der Waals surface area contributed by atoms with E-state index in [0.29, 0.717) is 0 Å². The number of carbonyl (C=O) groups excluding carboxylic acids is 6. The highest BCUT2D eigenvalue weighted by atomic mass is 16.2. The summed E-state index contributed by atoms with van der Waals surface area (Å²) in [5, 5.41) is 7.34. The van der Waals surface area contributed by atoms with Crippen molar-refractivity contribution < 1.29 is 28.8 Å². The fourth-order valence-electron chi connectivity index (χ4n) is 0.658. The summed E-state index contributed by atoms with van der Waals surface area (Å²) in [5.74, 6) is 0. The fourth-order valence-corrected chi connectivity index (χ4v) is 0.658. The maximum atomic E-state index is 10.9. The van der Waals surface area contributed by atoms with Gasteiger partial charge in [-0.15, -0.1) is 0 Å². The highest BCUT2D eigenvalue weighted by Gasteiger charge is 2.14. The second kappa shape index (κ2) is 7.05. The van der Waals surface area contributed by atoms with Gasteiger partial charge in [0.05, 0.1) is 0 Å². The molecule has 0 spiro atoms. The summed E-state index contributed by atoms with van der Waals surface area (Å²) in [7, 11) is 0. The smallest absolute Gasteiger partial charge is 0.330 e. The molecule has 12 amide bonds. The van der Waals surface area contributed by atoms with Crippen LogP contribution in [0.25, 0.3) is 0 Å². The van der Waals surface area contributed by atoms with Gasteiger partial charge in [-0.1, -0.05) is 0 Å². The number of primary amides is 2. The molecule has 0 aromatic carbocycles. The maximum absolute atomic E-state index is 10.9. The Labute approximate surface area is 104 Å². The largest absolute Gasteiger partial charge is 0.351 e. The van der Waals surface area contributed by atoms with Crippen molar-refractivity contribution in [1.29, 1.82) is 0 Å². The van der Waals surface area contributed by atoms with E-state index in [9.17, 15) is 28.8 Å². The first kappa shape index (κ1) is 15.6. The molecule has 0 saturated carbocycles. The highest BCUT2D eigenvalue weighted by molar-refractivity contribution is 6.08. The van der Waals surface area contributed by atoms with Gasteiger partial charge in [-0.25, -0.2) is 28.8 Å². The van der Waals surface area contributed by atoms with E-state index in [4.69, 9.17) is 0 Å². The van der Waals surface area contributed by atoms with Crippen LogP contribution in [-0.4, -0.2) is 36.2 Å². The number of carbonyl (C=O) groups is 6. The Bertz CT molecular complexity index is 405. The number of hydrogen-bond donors (Lipinski definition) is 7. The average Bonchev–Trinajstić information content (AvgIpc) is 2.12. The van der Waals surface area contributed by atoms with Crippen LogP contribution in [0.5, 0.6) is 0 Å². The molecule has 0 saturated heterocycles. The van der Waals surface area contributed by atoms with Crippen molar-refractivity contribution in [2.24, 2.45) is 11.5 Å². The Morgan fingerprint density at radius 2 is 0.684 bits per heavy atom. The monoisotopic (exact) mass is 275 g/mol. The molecule has 0 aliphatic rings. The van der Waals surface area contributed by atoms with Gasteiger partial charge in [-0.2, -0.15) is 0 Å². The van der Waals surface area contributed by atoms with Gasteiger partial charge in [0.15, 0.2) is 0 Å². The maximum Gasteiger partial charge on any atom is 0.330 e. The summed E-state index contributed by atoms with van der Waals surface area (Å²) in [6.45, 7) is 0. The van der Waals surface area contributed by atoms with Gasteiger partial charge >= 0.3 is 36.2 Å². The average molecular weight is 275 g/mol.